The zero-order chi connectivity index (χ0) is 16.8. The number of nitrogens with one attached hydrogen (secondary N) is 2. The SMILES string of the molecule is Cn1cc(NC(=O)NCC2(CN3CCOCC3)CCCCC2)cn1. The lowest BCUT2D eigenvalue weighted by Crippen LogP contribution is -2.50. The maximum Gasteiger partial charge on any atom is 0.319 e. The Hall–Kier alpha value is -1.60. The molecular formula is C17H29N5O2. The highest BCUT2D eigenvalue weighted by molar-refractivity contribution is 5.88. The van der Waals surface area contributed by atoms with Gasteiger partial charge in [-0.3, -0.25) is 9.58 Å². The molecule has 2 N–H and O–H groups in total. The zero-order valence-electron chi connectivity index (χ0n) is 14.6. The van der Waals surface area contributed by atoms with Gasteiger partial charge >= 0.3 is 6.03 Å². The molecule has 24 heavy (non-hydrogen) atoms. The van der Waals surface area contributed by atoms with Crippen molar-refractivity contribution in [1.29, 1.82) is 0 Å². The Labute approximate surface area is 143 Å². The van der Waals surface area contributed by atoms with E-state index in [0.717, 1.165) is 45.1 Å². The number of nitrogens with zero attached hydrogens (tertiary/aromatic N) is 3. The lowest BCUT2D eigenvalue weighted by molar-refractivity contribution is 0.00793. The monoisotopic (exact) mass is 335 g/mol. The fourth-order valence-corrected chi connectivity index (χ4v) is 3.86. The Morgan fingerprint density at radius 1 is 1.29 bits per heavy atom. The second-order valence-electron chi connectivity index (χ2n) is 7.16. The summed E-state index contributed by atoms with van der Waals surface area (Å²) in [7, 11) is 1.84. The molecule has 0 spiro atoms. The summed E-state index contributed by atoms with van der Waals surface area (Å²) in [5.41, 5.74) is 0.919. The second kappa shape index (κ2) is 7.98. The van der Waals surface area contributed by atoms with Crippen LogP contribution in [-0.2, 0) is 11.8 Å². The van der Waals surface area contributed by atoms with Crippen LogP contribution < -0.4 is 10.6 Å². The van der Waals surface area contributed by atoms with Crippen LogP contribution >= 0.6 is 0 Å². The van der Waals surface area contributed by atoms with Gasteiger partial charge in [0, 0.05) is 44.8 Å². The van der Waals surface area contributed by atoms with Crippen molar-refractivity contribution >= 4 is 11.7 Å². The van der Waals surface area contributed by atoms with E-state index in [1.807, 2.05) is 7.05 Å². The minimum absolute atomic E-state index is 0.144. The molecule has 1 aromatic rings. The summed E-state index contributed by atoms with van der Waals surface area (Å²) < 4.78 is 7.14. The van der Waals surface area contributed by atoms with Crippen molar-refractivity contribution < 1.29 is 9.53 Å². The van der Waals surface area contributed by atoms with E-state index in [0.29, 0.717) is 0 Å². The van der Waals surface area contributed by atoms with Crippen molar-refractivity contribution in [3.63, 3.8) is 0 Å². The molecule has 1 aromatic heterocycles. The van der Waals surface area contributed by atoms with Crippen molar-refractivity contribution in [3.05, 3.63) is 12.4 Å². The van der Waals surface area contributed by atoms with Crippen LogP contribution in [0.5, 0.6) is 0 Å². The third-order valence-corrected chi connectivity index (χ3v) is 5.16. The van der Waals surface area contributed by atoms with Gasteiger partial charge in [0.1, 0.15) is 0 Å². The molecule has 1 saturated carbocycles. The predicted octanol–water partition coefficient (Wildman–Crippen LogP) is 1.82. The van der Waals surface area contributed by atoms with E-state index in [1.54, 1.807) is 17.1 Å². The standard InChI is InChI=1S/C17H29N5O2/c1-21-12-15(11-19-21)20-16(23)18-13-17(5-3-2-4-6-17)14-22-7-9-24-10-8-22/h11-12H,2-10,13-14H2,1H3,(H2,18,20,23). The summed E-state index contributed by atoms with van der Waals surface area (Å²) >= 11 is 0. The summed E-state index contributed by atoms with van der Waals surface area (Å²) in [5, 5.41) is 10.0. The average Bonchev–Trinajstić information content (AvgIpc) is 3.00. The van der Waals surface area contributed by atoms with E-state index in [-0.39, 0.29) is 11.4 Å². The molecule has 134 valence electrons. The number of morpholine rings is 1. The summed E-state index contributed by atoms with van der Waals surface area (Å²) in [5.74, 6) is 0. The Bertz CT molecular complexity index is 533. The number of ether oxygens (including phenoxy) is 1. The molecule has 0 radical (unpaired) electrons. The highest BCUT2D eigenvalue weighted by atomic mass is 16.5. The molecule has 3 rings (SSSR count). The number of hydrogen-bond donors (Lipinski definition) is 2. The lowest BCUT2D eigenvalue weighted by Gasteiger charge is -2.42. The maximum absolute atomic E-state index is 12.2. The highest BCUT2D eigenvalue weighted by Gasteiger charge is 2.34. The largest absolute Gasteiger partial charge is 0.379 e. The van der Waals surface area contributed by atoms with Gasteiger partial charge in [-0.2, -0.15) is 5.10 Å². The number of hydrogen-bond acceptors (Lipinski definition) is 4. The molecule has 0 bridgehead atoms. The van der Waals surface area contributed by atoms with Gasteiger partial charge in [0.2, 0.25) is 0 Å². The maximum atomic E-state index is 12.2. The second-order valence-corrected chi connectivity index (χ2v) is 7.16. The van der Waals surface area contributed by atoms with Crippen molar-refractivity contribution in [2.75, 3.05) is 44.7 Å². The number of carbonyl (C=O) groups excluding carboxylic acids is 1. The predicted molar refractivity (Wildman–Crippen MR) is 93.0 cm³/mol. The molecule has 2 aliphatic rings. The number of anilines is 1. The molecule has 2 amide bonds. The summed E-state index contributed by atoms with van der Waals surface area (Å²) in [6.07, 6.45) is 9.67. The van der Waals surface area contributed by atoms with E-state index >= 15 is 0 Å². The Kier molecular flexibility index (Phi) is 5.73. The molecule has 2 fully saturated rings. The van der Waals surface area contributed by atoms with Crippen molar-refractivity contribution in [2.45, 2.75) is 32.1 Å². The van der Waals surface area contributed by atoms with Crippen LogP contribution in [0.4, 0.5) is 10.5 Å². The average molecular weight is 335 g/mol. The van der Waals surface area contributed by atoms with Crippen molar-refractivity contribution in [2.24, 2.45) is 12.5 Å². The first-order chi connectivity index (χ1) is 11.7. The highest BCUT2D eigenvalue weighted by Crippen LogP contribution is 2.36. The van der Waals surface area contributed by atoms with Crippen LogP contribution in [0.2, 0.25) is 0 Å². The Morgan fingerprint density at radius 2 is 2.04 bits per heavy atom. The number of aryl methyl sites for hydroxylation is 1. The molecule has 1 aliphatic heterocycles. The molecule has 0 atom stereocenters. The number of rotatable bonds is 5. The quantitative estimate of drug-likeness (QED) is 0.861. The minimum atomic E-state index is -0.144. The third kappa shape index (κ3) is 4.70. The van der Waals surface area contributed by atoms with E-state index in [4.69, 9.17) is 4.74 Å². The Morgan fingerprint density at radius 3 is 2.71 bits per heavy atom. The van der Waals surface area contributed by atoms with Gasteiger partial charge in [-0.15, -0.1) is 0 Å². The fourth-order valence-electron chi connectivity index (χ4n) is 3.86. The minimum Gasteiger partial charge on any atom is -0.379 e. The molecule has 1 saturated heterocycles. The normalized spacial score (nSPS) is 21.4. The molecule has 2 heterocycles. The topological polar surface area (TPSA) is 71.4 Å². The van der Waals surface area contributed by atoms with Gasteiger partial charge in [-0.05, 0) is 12.8 Å². The van der Waals surface area contributed by atoms with Crippen LogP contribution in [0, 0.1) is 5.41 Å². The van der Waals surface area contributed by atoms with Crippen molar-refractivity contribution in [1.82, 2.24) is 20.0 Å². The molecule has 0 unspecified atom stereocenters. The first-order valence-corrected chi connectivity index (χ1v) is 8.99. The van der Waals surface area contributed by atoms with Gasteiger partial charge in [0.25, 0.3) is 0 Å². The van der Waals surface area contributed by atoms with Crippen LogP contribution in [0.25, 0.3) is 0 Å². The zero-order valence-corrected chi connectivity index (χ0v) is 14.6. The molecular weight excluding hydrogens is 306 g/mol. The van der Waals surface area contributed by atoms with E-state index < -0.39 is 0 Å². The summed E-state index contributed by atoms with van der Waals surface area (Å²) in [4.78, 5) is 14.7. The smallest absolute Gasteiger partial charge is 0.319 e. The van der Waals surface area contributed by atoms with Crippen LogP contribution in [0.15, 0.2) is 12.4 Å². The first-order valence-electron chi connectivity index (χ1n) is 8.99. The molecule has 0 aromatic carbocycles. The lowest BCUT2D eigenvalue weighted by atomic mass is 9.73. The summed E-state index contributed by atoms with van der Waals surface area (Å²) in [6.45, 7) is 5.45. The first kappa shape index (κ1) is 17.2. The van der Waals surface area contributed by atoms with Gasteiger partial charge in [-0.25, -0.2) is 4.79 Å². The van der Waals surface area contributed by atoms with Gasteiger partial charge in [-0.1, -0.05) is 19.3 Å². The molecule has 7 heteroatoms. The van der Waals surface area contributed by atoms with Crippen LogP contribution in [0.3, 0.4) is 0 Å². The fraction of sp³-hybridized carbons (Fsp3) is 0.765. The van der Waals surface area contributed by atoms with Gasteiger partial charge in [0.15, 0.2) is 0 Å². The van der Waals surface area contributed by atoms with Crippen LogP contribution in [-0.4, -0.2) is 60.1 Å². The molecule has 1 aliphatic carbocycles. The van der Waals surface area contributed by atoms with Gasteiger partial charge < -0.3 is 15.4 Å². The molecule has 7 nitrogen and oxygen atoms in total. The van der Waals surface area contributed by atoms with E-state index in [1.165, 1.54) is 32.1 Å². The van der Waals surface area contributed by atoms with Crippen LogP contribution in [0.1, 0.15) is 32.1 Å². The number of carbonyl (C=O) groups is 1. The number of urea groups is 1. The number of amides is 2. The van der Waals surface area contributed by atoms with E-state index in [9.17, 15) is 4.79 Å². The van der Waals surface area contributed by atoms with Crippen molar-refractivity contribution in [3.8, 4) is 0 Å². The third-order valence-electron chi connectivity index (χ3n) is 5.16. The van der Waals surface area contributed by atoms with E-state index in [2.05, 4.69) is 20.6 Å². The number of aromatic nitrogens is 2. The van der Waals surface area contributed by atoms with Gasteiger partial charge in [0.05, 0.1) is 25.1 Å². The summed E-state index contributed by atoms with van der Waals surface area (Å²) in [6, 6.07) is -0.144. The Balaban J connectivity index is 1.54.